The molecule has 0 bridgehead atoms. The third kappa shape index (κ3) is 2.41. The first kappa shape index (κ1) is 17.8. The van der Waals surface area contributed by atoms with Gasteiger partial charge in [0.25, 0.3) is 5.56 Å². The van der Waals surface area contributed by atoms with E-state index in [2.05, 4.69) is 0 Å². The highest BCUT2D eigenvalue weighted by atomic mass is 16.5. The molecule has 1 heterocycles. The van der Waals surface area contributed by atoms with Crippen molar-refractivity contribution >= 4 is 17.5 Å². The summed E-state index contributed by atoms with van der Waals surface area (Å²) >= 11 is 0. The molecule has 26 heavy (non-hydrogen) atoms. The molecule has 6 heteroatoms. The Morgan fingerprint density at radius 1 is 1.00 bits per heavy atom. The minimum absolute atomic E-state index is 0.0194. The molecule has 0 aliphatic heterocycles. The van der Waals surface area contributed by atoms with Gasteiger partial charge in [-0.25, -0.2) is 4.79 Å². The largest absolute Gasteiger partial charge is 0.465 e. The highest BCUT2D eigenvalue weighted by Gasteiger charge is 2.38. The van der Waals surface area contributed by atoms with Crippen LogP contribution in [0, 0.1) is 0 Å². The topological polar surface area (TPSA) is 82.4 Å². The smallest absolute Gasteiger partial charge is 0.340 e. The Morgan fingerprint density at radius 3 is 2.08 bits per heavy atom. The molecule has 0 unspecified atom stereocenters. The molecular weight excluding hydrogens is 334 g/mol. The molecule has 134 valence electrons. The Labute approximate surface area is 150 Å². The van der Waals surface area contributed by atoms with Crippen LogP contribution in [0.25, 0.3) is 0 Å². The number of carbonyl (C=O) groups is 3. The third-order valence-electron chi connectivity index (χ3n) is 4.62. The van der Waals surface area contributed by atoms with Crippen LogP contribution in [0.15, 0.2) is 29.1 Å². The lowest BCUT2D eigenvalue weighted by Crippen LogP contribution is -2.38. The predicted octanol–water partition coefficient (Wildman–Crippen LogP) is 2.38. The van der Waals surface area contributed by atoms with Crippen molar-refractivity contribution in [2.75, 3.05) is 7.11 Å². The van der Waals surface area contributed by atoms with E-state index in [1.807, 2.05) is 6.92 Å². The van der Waals surface area contributed by atoms with Crippen LogP contribution in [-0.2, 0) is 17.7 Å². The zero-order chi connectivity index (χ0) is 19.0. The maximum absolute atomic E-state index is 13.1. The van der Waals surface area contributed by atoms with Gasteiger partial charge in [0, 0.05) is 23.4 Å². The average molecular weight is 353 g/mol. The summed E-state index contributed by atoms with van der Waals surface area (Å²) in [5.41, 5.74) is -0.0716. The fourth-order valence-corrected chi connectivity index (χ4v) is 3.50. The van der Waals surface area contributed by atoms with Crippen LogP contribution in [0.1, 0.15) is 68.2 Å². The summed E-state index contributed by atoms with van der Waals surface area (Å²) in [6, 6.07) is 6.34. The standard InChI is InChI=1S/C20H19NO5/c1-4-10-21-13(5-2)14(20(25)26-3)15-16(19(21)24)18(23)12-9-7-6-8-11(12)17(15)22/h6-9H,4-5,10H2,1-3H3. The number of esters is 1. The van der Waals surface area contributed by atoms with Gasteiger partial charge < -0.3 is 9.30 Å². The Hall–Kier alpha value is -3.02. The van der Waals surface area contributed by atoms with E-state index in [4.69, 9.17) is 4.74 Å². The number of methoxy groups -OCH3 is 1. The average Bonchev–Trinajstić information content (AvgIpc) is 2.66. The number of ether oxygens (including phenoxy) is 1. The van der Waals surface area contributed by atoms with Crippen LogP contribution < -0.4 is 5.56 Å². The van der Waals surface area contributed by atoms with E-state index < -0.39 is 23.1 Å². The molecule has 1 aliphatic rings. The van der Waals surface area contributed by atoms with Gasteiger partial charge in [0.05, 0.1) is 23.8 Å². The van der Waals surface area contributed by atoms with Crippen molar-refractivity contribution in [3.05, 3.63) is 68.1 Å². The number of carbonyl (C=O) groups excluding carboxylic acids is 3. The summed E-state index contributed by atoms with van der Waals surface area (Å²) < 4.78 is 6.29. The fraction of sp³-hybridized carbons (Fsp3) is 0.300. The van der Waals surface area contributed by atoms with Gasteiger partial charge >= 0.3 is 5.97 Å². The molecule has 0 spiro atoms. The molecular formula is C20H19NO5. The highest BCUT2D eigenvalue weighted by molar-refractivity contribution is 6.30. The maximum atomic E-state index is 13.1. The number of hydrogen-bond donors (Lipinski definition) is 0. The van der Waals surface area contributed by atoms with E-state index in [0.29, 0.717) is 25.1 Å². The van der Waals surface area contributed by atoms with E-state index in [0.717, 1.165) is 0 Å². The first-order valence-corrected chi connectivity index (χ1v) is 8.54. The van der Waals surface area contributed by atoms with Crippen molar-refractivity contribution in [1.29, 1.82) is 0 Å². The van der Waals surface area contributed by atoms with Gasteiger partial charge in [-0.3, -0.25) is 14.4 Å². The molecule has 0 N–H and O–H groups in total. The second-order valence-electron chi connectivity index (χ2n) is 6.08. The van der Waals surface area contributed by atoms with Crippen LogP contribution in [0.5, 0.6) is 0 Å². The number of fused-ring (bicyclic) bond motifs is 2. The molecule has 0 saturated heterocycles. The number of hydrogen-bond acceptors (Lipinski definition) is 5. The lowest BCUT2D eigenvalue weighted by Gasteiger charge is -2.23. The molecule has 3 rings (SSSR count). The number of pyridine rings is 1. The molecule has 1 aromatic heterocycles. The summed E-state index contributed by atoms with van der Waals surface area (Å²) in [6.07, 6.45) is 1.00. The zero-order valence-corrected chi connectivity index (χ0v) is 14.9. The summed E-state index contributed by atoms with van der Waals surface area (Å²) in [6.45, 7) is 4.04. The number of aromatic nitrogens is 1. The number of benzene rings is 1. The normalized spacial score (nSPS) is 12.6. The van der Waals surface area contributed by atoms with Gasteiger partial charge in [0.15, 0.2) is 11.6 Å². The van der Waals surface area contributed by atoms with Crippen LogP contribution >= 0.6 is 0 Å². The Morgan fingerprint density at radius 2 is 1.58 bits per heavy atom. The monoisotopic (exact) mass is 353 g/mol. The van der Waals surface area contributed by atoms with E-state index in [1.54, 1.807) is 19.1 Å². The SMILES string of the molecule is CCCn1c(CC)c(C(=O)OC)c2c(c1=O)C(=O)c1ccccc1C2=O. The van der Waals surface area contributed by atoms with E-state index in [9.17, 15) is 19.2 Å². The van der Waals surface area contributed by atoms with Gasteiger partial charge in [0.1, 0.15) is 0 Å². The first-order valence-electron chi connectivity index (χ1n) is 8.54. The summed E-state index contributed by atoms with van der Waals surface area (Å²) in [4.78, 5) is 51.6. The summed E-state index contributed by atoms with van der Waals surface area (Å²) in [5.74, 6) is -1.74. The summed E-state index contributed by atoms with van der Waals surface area (Å²) in [7, 11) is 1.21. The minimum Gasteiger partial charge on any atom is -0.465 e. The Bertz CT molecular complexity index is 1000. The van der Waals surface area contributed by atoms with E-state index >= 15 is 0 Å². The molecule has 1 aromatic carbocycles. The van der Waals surface area contributed by atoms with Gasteiger partial charge in [0.2, 0.25) is 0 Å². The second-order valence-corrected chi connectivity index (χ2v) is 6.08. The molecule has 0 amide bonds. The van der Waals surface area contributed by atoms with Crippen LogP contribution in [0.2, 0.25) is 0 Å². The lowest BCUT2D eigenvalue weighted by atomic mass is 9.81. The Kier molecular flexibility index (Phi) is 4.59. The van der Waals surface area contributed by atoms with Gasteiger partial charge in [-0.15, -0.1) is 0 Å². The zero-order valence-electron chi connectivity index (χ0n) is 14.9. The van der Waals surface area contributed by atoms with Crippen LogP contribution in [0.3, 0.4) is 0 Å². The van der Waals surface area contributed by atoms with E-state index in [-0.39, 0.29) is 27.8 Å². The predicted molar refractivity (Wildman–Crippen MR) is 95.0 cm³/mol. The van der Waals surface area contributed by atoms with Crippen molar-refractivity contribution < 1.29 is 19.1 Å². The number of nitrogens with zero attached hydrogens (tertiary/aromatic N) is 1. The van der Waals surface area contributed by atoms with Crippen molar-refractivity contribution in [2.45, 2.75) is 33.2 Å². The van der Waals surface area contributed by atoms with Gasteiger partial charge in [-0.2, -0.15) is 0 Å². The molecule has 0 radical (unpaired) electrons. The lowest BCUT2D eigenvalue weighted by molar-refractivity contribution is 0.0594. The molecule has 2 aromatic rings. The first-order chi connectivity index (χ1) is 12.5. The maximum Gasteiger partial charge on any atom is 0.340 e. The number of rotatable bonds is 4. The quantitative estimate of drug-likeness (QED) is 0.673. The second kappa shape index (κ2) is 6.71. The van der Waals surface area contributed by atoms with Crippen molar-refractivity contribution in [1.82, 2.24) is 4.57 Å². The third-order valence-corrected chi connectivity index (χ3v) is 4.62. The molecule has 6 nitrogen and oxygen atoms in total. The summed E-state index contributed by atoms with van der Waals surface area (Å²) in [5, 5.41) is 0. The highest BCUT2D eigenvalue weighted by Crippen LogP contribution is 2.30. The van der Waals surface area contributed by atoms with Gasteiger partial charge in [-0.05, 0) is 12.8 Å². The molecule has 1 aliphatic carbocycles. The minimum atomic E-state index is -0.719. The number of ketones is 2. The fourth-order valence-electron chi connectivity index (χ4n) is 3.50. The van der Waals surface area contributed by atoms with Crippen molar-refractivity contribution in [3.63, 3.8) is 0 Å². The van der Waals surface area contributed by atoms with Crippen molar-refractivity contribution in [2.24, 2.45) is 0 Å². The van der Waals surface area contributed by atoms with Crippen LogP contribution in [0.4, 0.5) is 0 Å². The molecule has 0 fully saturated rings. The van der Waals surface area contributed by atoms with E-state index in [1.165, 1.54) is 23.8 Å². The van der Waals surface area contributed by atoms with Gasteiger partial charge in [-0.1, -0.05) is 38.1 Å². The van der Waals surface area contributed by atoms with Crippen molar-refractivity contribution in [3.8, 4) is 0 Å². The molecule has 0 saturated carbocycles. The van der Waals surface area contributed by atoms with Crippen LogP contribution in [-0.4, -0.2) is 29.2 Å². The Balaban J connectivity index is 2.49. The molecule has 0 atom stereocenters.